The van der Waals surface area contributed by atoms with Crippen LogP contribution in [0.5, 0.6) is 0 Å². The Bertz CT molecular complexity index is 1120. The van der Waals surface area contributed by atoms with Gasteiger partial charge in [-0.3, -0.25) is 14.4 Å². The second-order valence-corrected chi connectivity index (χ2v) is 7.83. The van der Waals surface area contributed by atoms with Gasteiger partial charge in [-0.05, 0) is 37.6 Å². The summed E-state index contributed by atoms with van der Waals surface area (Å²) in [6.45, 7) is 3.38. The fourth-order valence-corrected chi connectivity index (χ4v) is 3.71. The molecule has 0 unspecified atom stereocenters. The Labute approximate surface area is 178 Å². The molecule has 0 bridgehead atoms. The first-order valence-corrected chi connectivity index (χ1v) is 9.57. The monoisotopic (exact) mass is 427 g/mol. The van der Waals surface area contributed by atoms with Gasteiger partial charge < -0.3 is 19.7 Å². The number of benzene rings is 1. The summed E-state index contributed by atoms with van der Waals surface area (Å²) < 4.78 is 20.1. The summed E-state index contributed by atoms with van der Waals surface area (Å²) in [5.41, 5.74) is 0.396. The van der Waals surface area contributed by atoms with E-state index in [1.807, 2.05) is 0 Å². The number of hydrogen-bond donors (Lipinski definition) is 2. The topological polar surface area (TPSA) is 121 Å². The van der Waals surface area contributed by atoms with E-state index in [1.54, 1.807) is 27.0 Å². The Morgan fingerprint density at radius 1 is 1.32 bits per heavy atom. The largest absolute Gasteiger partial charge is 0.396 e. The Balaban J connectivity index is 1.87. The van der Waals surface area contributed by atoms with Gasteiger partial charge in [0, 0.05) is 30.3 Å². The molecule has 1 amide bonds. The Morgan fingerprint density at radius 2 is 2.00 bits per heavy atom. The highest BCUT2D eigenvalue weighted by atomic mass is 19.1. The van der Waals surface area contributed by atoms with Gasteiger partial charge >= 0.3 is 0 Å². The molecule has 0 saturated carbocycles. The lowest BCUT2D eigenvalue weighted by Gasteiger charge is -2.39. The van der Waals surface area contributed by atoms with Gasteiger partial charge in [0.2, 0.25) is 11.6 Å². The van der Waals surface area contributed by atoms with E-state index in [2.05, 4.69) is 5.32 Å². The van der Waals surface area contributed by atoms with Crippen LogP contribution in [0.2, 0.25) is 0 Å². The van der Waals surface area contributed by atoms with Crippen LogP contribution in [0, 0.1) is 36.4 Å². The van der Waals surface area contributed by atoms with Gasteiger partial charge in [-0.15, -0.1) is 0 Å². The average Bonchev–Trinajstić information content (AvgIpc) is 2.93. The van der Waals surface area contributed by atoms with Gasteiger partial charge in [0.15, 0.2) is 0 Å². The lowest BCUT2D eigenvalue weighted by molar-refractivity contribution is -0.150. The number of anilines is 1. The van der Waals surface area contributed by atoms with E-state index in [9.17, 15) is 23.9 Å². The lowest BCUT2D eigenvalue weighted by Crippen LogP contribution is -2.48. The molecule has 31 heavy (non-hydrogen) atoms. The number of ether oxygens (including phenoxy) is 1. The Kier molecular flexibility index (Phi) is 6.06. The summed E-state index contributed by atoms with van der Waals surface area (Å²) in [6.07, 6.45) is -0.139. The second-order valence-electron chi connectivity index (χ2n) is 7.83. The number of rotatable bonds is 7. The quantitative estimate of drug-likeness (QED) is 0.515. The number of nitrogens with one attached hydrogen (secondary N) is 1. The third kappa shape index (κ3) is 4.00. The Hall–Kier alpha value is -3.35. The number of aromatic nitrogens is 1. The van der Waals surface area contributed by atoms with Gasteiger partial charge in [0.05, 0.1) is 36.6 Å². The molecule has 0 spiro atoms. The number of hydrogen-bond acceptors (Lipinski definition) is 6. The predicted molar refractivity (Wildman–Crippen MR) is 108 cm³/mol. The van der Waals surface area contributed by atoms with Crippen molar-refractivity contribution in [2.24, 2.45) is 12.5 Å². The maximum Gasteiger partial charge on any atom is 0.257 e. The van der Waals surface area contributed by atoms with Crippen LogP contribution in [0.15, 0.2) is 18.2 Å². The number of aliphatic hydroxyl groups is 1. The number of carbonyl (C=O) groups is 3. The van der Waals surface area contributed by atoms with E-state index >= 15 is 0 Å². The average molecular weight is 427 g/mol. The van der Waals surface area contributed by atoms with Gasteiger partial charge in [-0.1, -0.05) is 0 Å². The molecule has 1 aliphatic rings. The first-order valence-electron chi connectivity index (χ1n) is 9.57. The molecule has 9 heteroatoms. The third-order valence-corrected chi connectivity index (χ3v) is 5.66. The standard InChI is InChI=1S/C22H22FN3O5/c1-12-18(21(30)25-15-4-5-16(23)14(6-15)8-24)13(2)26(3)19(12)20(29)17(28)7-22(9-27)10-31-11-22/h4-6,27H,7,9-11H2,1-3H3,(H,25,30). The van der Waals surface area contributed by atoms with E-state index in [0.29, 0.717) is 11.3 Å². The highest BCUT2D eigenvalue weighted by molar-refractivity contribution is 6.44. The van der Waals surface area contributed by atoms with Gasteiger partial charge in [0.25, 0.3) is 5.91 Å². The minimum absolute atomic E-state index is 0.0952. The molecule has 0 aliphatic carbocycles. The number of aliphatic hydroxyl groups excluding tert-OH is 1. The van der Waals surface area contributed by atoms with Crippen molar-refractivity contribution >= 4 is 23.2 Å². The van der Waals surface area contributed by atoms with E-state index < -0.39 is 28.7 Å². The lowest BCUT2D eigenvalue weighted by atomic mass is 9.80. The minimum atomic E-state index is -0.740. The Morgan fingerprint density at radius 3 is 2.55 bits per heavy atom. The van der Waals surface area contributed by atoms with E-state index in [0.717, 1.165) is 6.07 Å². The van der Waals surface area contributed by atoms with Gasteiger partial charge in [0.1, 0.15) is 11.9 Å². The molecule has 0 atom stereocenters. The number of amides is 1. The first-order chi connectivity index (χ1) is 14.6. The van der Waals surface area contributed by atoms with Crippen LogP contribution >= 0.6 is 0 Å². The molecule has 8 nitrogen and oxygen atoms in total. The van der Waals surface area contributed by atoms with Crippen molar-refractivity contribution in [3.05, 3.63) is 52.1 Å². The summed E-state index contributed by atoms with van der Waals surface area (Å²) in [7, 11) is 1.58. The molecular weight excluding hydrogens is 405 g/mol. The smallest absolute Gasteiger partial charge is 0.257 e. The van der Waals surface area contributed by atoms with Crippen molar-refractivity contribution < 1.29 is 28.6 Å². The van der Waals surface area contributed by atoms with Crippen LogP contribution < -0.4 is 5.32 Å². The molecule has 1 aromatic carbocycles. The highest BCUT2D eigenvalue weighted by Crippen LogP contribution is 2.32. The summed E-state index contributed by atoms with van der Waals surface area (Å²) >= 11 is 0. The van der Waals surface area contributed by atoms with Crippen LogP contribution in [0.3, 0.4) is 0 Å². The number of nitrogens with zero attached hydrogens (tertiary/aromatic N) is 2. The molecule has 0 radical (unpaired) electrons. The summed E-state index contributed by atoms with van der Waals surface area (Å²) in [5.74, 6) is -2.65. The highest BCUT2D eigenvalue weighted by Gasteiger charge is 2.42. The van der Waals surface area contributed by atoms with Crippen LogP contribution in [0.1, 0.15) is 44.1 Å². The molecule has 2 aromatic rings. The van der Waals surface area contributed by atoms with Crippen molar-refractivity contribution in [1.29, 1.82) is 5.26 Å². The fourth-order valence-electron chi connectivity index (χ4n) is 3.71. The van der Waals surface area contributed by atoms with E-state index in [-0.39, 0.29) is 48.7 Å². The van der Waals surface area contributed by atoms with Crippen molar-refractivity contribution in [1.82, 2.24) is 4.57 Å². The molecular formula is C22H22FN3O5. The van der Waals surface area contributed by atoms with Gasteiger partial charge in [-0.25, -0.2) is 4.39 Å². The number of halogens is 1. The van der Waals surface area contributed by atoms with Crippen molar-refractivity contribution in [3.63, 3.8) is 0 Å². The molecule has 2 heterocycles. The van der Waals surface area contributed by atoms with Crippen molar-refractivity contribution in [3.8, 4) is 6.07 Å². The van der Waals surface area contributed by atoms with Gasteiger partial charge in [-0.2, -0.15) is 5.26 Å². The number of nitriles is 1. The first kappa shape index (κ1) is 22.3. The zero-order chi connectivity index (χ0) is 22.9. The molecule has 162 valence electrons. The maximum atomic E-state index is 13.5. The molecule has 1 aliphatic heterocycles. The van der Waals surface area contributed by atoms with Crippen LogP contribution in [0.4, 0.5) is 10.1 Å². The third-order valence-electron chi connectivity index (χ3n) is 5.66. The predicted octanol–water partition coefficient (Wildman–Crippen LogP) is 2.06. The zero-order valence-corrected chi connectivity index (χ0v) is 17.4. The zero-order valence-electron chi connectivity index (χ0n) is 17.4. The maximum absolute atomic E-state index is 13.5. The normalized spacial score (nSPS) is 14.5. The molecule has 1 fully saturated rings. The summed E-state index contributed by atoms with van der Waals surface area (Å²) in [5, 5.41) is 21.1. The van der Waals surface area contributed by atoms with Crippen molar-refractivity contribution in [2.75, 3.05) is 25.1 Å². The molecule has 2 N–H and O–H groups in total. The van der Waals surface area contributed by atoms with E-state index in [4.69, 9.17) is 10.00 Å². The summed E-state index contributed by atoms with van der Waals surface area (Å²) in [6, 6.07) is 5.32. The summed E-state index contributed by atoms with van der Waals surface area (Å²) in [4.78, 5) is 38.4. The SMILES string of the molecule is Cc1c(C(=O)Nc2ccc(F)c(C#N)c2)c(C)n(C)c1C(=O)C(=O)CC1(CO)COC1. The van der Waals surface area contributed by atoms with Crippen molar-refractivity contribution in [2.45, 2.75) is 20.3 Å². The molecule has 1 saturated heterocycles. The van der Waals surface area contributed by atoms with E-state index in [1.165, 1.54) is 16.7 Å². The number of Topliss-reactive ketones (excluding diaryl/α,β-unsaturated/α-hetero) is 2. The van der Waals surface area contributed by atoms with Crippen LogP contribution in [-0.2, 0) is 16.6 Å². The second kappa shape index (κ2) is 8.41. The molecule has 3 rings (SSSR count). The van der Waals surface area contributed by atoms with Crippen LogP contribution in [0.25, 0.3) is 0 Å². The minimum Gasteiger partial charge on any atom is -0.396 e. The molecule has 1 aromatic heterocycles. The number of carbonyl (C=O) groups excluding carboxylic acids is 3. The fraction of sp³-hybridized carbons (Fsp3) is 0.364. The number of ketones is 2. The van der Waals surface area contributed by atoms with Crippen LogP contribution in [-0.4, -0.2) is 47.0 Å².